The van der Waals surface area contributed by atoms with Crippen LogP contribution in [0.2, 0.25) is 0 Å². The first-order valence-corrected chi connectivity index (χ1v) is 7.85. The molecule has 128 valence electrons. The molecule has 3 rings (SSSR count). The van der Waals surface area contributed by atoms with Gasteiger partial charge in [-0.05, 0) is 17.7 Å². The van der Waals surface area contributed by atoms with Gasteiger partial charge in [-0.25, -0.2) is 4.79 Å². The molecule has 25 heavy (non-hydrogen) atoms. The maximum Gasteiger partial charge on any atom is 0.326 e. The quantitative estimate of drug-likeness (QED) is 0.627. The summed E-state index contributed by atoms with van der Waals surface area (Å²) in [6.45, 7) is 0.457. The van der Waals surface area contributed by atoms with Crippen LogP contribution in [0, 0.1) is 0 Å². The molecular weight excluding hydrogens is 320 g/mol. The number of amides is 3. The summed E-state index contributed by atoms with van der Waals surface area (Å²) in [5.41, 5.74) is 1.99. The van der Waals surface area contributed by atoms with Gasteiger partial charge in [0.05, 0.1) is 13.7 Å². The molecule has 1 heterocycles. The third kappa shape index (κ3) is 3.98. The molecular formula is C19H18N2O4. The fourth-order valence-corrected chi connectivity index (χ4v) is 2.52. The van der Waals surface area contributed by atoms with Gasteiger partial charge in [-0.1, -0.05) is 42.5 Å². The number of rotatable bonds is 6. The first-order chi connectivity index (χ1) is 12.2. The maximum atomic E-state index is 11.7. The number of para-hydroxylation sites is 1. The summed E-state index contributed by atoms with van der Waals surface area (Å²) < 4.78 is 11.3. The fourth-order valence-electron chi connectivity index (χ4n) is 2.52. The topological polar surface area (TPSA) is 76.7 Å². The number of ether oxygens (including phenoxy) is 2. The van der Waals surface area contributed by atoms with E-state index in [9.17, 15) is 9.59 Å². The molecule has 1 aliphatic rings. The van der Waals surface area contributed by atoms with E-state index in [1.54, 1.807) is 31.4 Å². The van der Waals surface area contributed by atoms with Gasteiger partial charge in [0.15, 0.2) is 11.5 Å². The lowest BCUT2D eigenvalue weighted by Gasteiger charge is -2.13. The van der Waals surface area contributed by atoms with Crippen molar-refractivity contribution in [1.29, 1.82) is 0 Å². The van der Waals surface area contributed by atoms with E-state index < -0.39 is 11.9 Å². The molecule has 2 aromatic carbocycles. The highest BCUT2D eigenvalue weighted by Crippen LogP contribution is 2.32. The van der Waals surface area contributed by atoms with E-state index in [1.165, 1.54) is 5.56 Å². The number of nitrogens with one attached hydrogen (secondary N) is 2. The van der Waals surface area contributed by atoms with Crippen molar-refractivity contribution in [1.82, 2.24) is 10.6 Å². The zero-order valence-electron chi connectivity index (χ0n) is 13.7. The van der Waals surface area contributed by atoms with E-state index in [-0.39, 0.29) is 5.70 Å². The van der Waals surface area contributed by atoms with Crippen LogP contribution in [0.15, 0.2) is 54.2 Å². The average Bonchev–Trinajstić information content (AvgIpc) is 2.94. The highest BCUT2D eigenvalue weighted by Gasteiger charge is 2.23. The first-order valence-electron chi connectivity index (χ1n) is 7.85. The zero-order valence-corrected chi connectivity index (χ0v) is 13.7. The molecule has 0 atom stereocenters. The van der Waals surface area contributed by atoms with Gasteiger partial charge in [-0.3, -0.25) is 10.1 Å². The van der Waals surface area contributed by atoms with Crippen LogP contribution in [0.5, 0.6) is 11.5 Å². The van der Waals surface area contributed by atoms with Crippen molar-refractivity contribution in [3.8, 4) is 11.5 Å². The Morgan fingerprint density at radius 2 is 1.80 bits per heavy atom. The van der Waals surface area contributed by atoms with Crippen molar-refractivity contribution in [3.05, 3.63) is 65.4 Å². The number of hydrogen-bond acceptors (Lipinski definition) is 4. The number of imide groups is 1. The molecule has 6 nitrogen and oxygen atoms in total. The van der Waals surface area contributed by atoms with Gasteiger partial charge >= 0.3 is 6.03 Å². The number of urea groups is 1. The number of benzene rings is 2. The van der Waals surface area contributed by atoms with Crippen LogP contribution in [-0.4, -0.2) is 25.7 Å². The van der Waals surface area contributed by atoms with Gasteiger partial charge in [-0.15, -0.1) is 0 Å². The maximum absolute atomic E-state index is 11.7. The molecule has 0 saturated carbocycles. The Balaban J connectivity index is 1.80. The largest absolute Gasteiger partial charge is 0.493 e. The van der Waals surface area contributed by atoms with Crippen LogP contribution < -0.4 is 20.1 Å². The van der Waals surface area contributed by atoms with Gasteiger partial charge in [0.1, 0.15) is 5.70 Å². The highest BCUT2D eigenvalue weighted by atomic mass is 16.5. The lowest BCUT2D eigenvalue weighted by Crippen LogP contribution is -2.22. The summed E-state index contributed by atoms with van der Waals surface area (Å²) in [5, 5.41) is 4.63. The molecule has 0 radical (unpaired) electrons. The third-order valence-corrected chi connectivity index (χ3v) is 3.73. The van der Waals surface area contributed by atoms with E-state index in [0.717, 1.165) is 6.42 Å². The van der Waals surface area contributed by atoms with Crippen molar-refractivity contribution in [2.75, 3.05) is 13.7 Å². The van der Waals surface area contributed by atoms with Crippen molar-refractivity contribution < 1.29 is 19.1 Å². The molecule has 1 aliphatic heterocycles. The molecule has 6 heteroatoms. The smallest absolute Gasteiger partial charge is 0.326 e. The Morgan fingerprint density at radius 3 is 2.48 bits per heavy atom. The summed E-state index contributed by atoms with van der Waals surface area (Å²) >= 11 is 0. The number of hydrogen-bond donors (Lipinski definition) is 2. The molecule has 3 amide bonds. The molecule has 1 fully saturated rings. The SMILES string of the molecule is COc1cccc(C=C2NC(=O)NC2=O)c1OCCc1ccccc1. The van der Waals surface area contributed by atoms with Gasteiger partial charge in [-0.2, -0.15) is 0 Å². The Morgan fingerprint density at radius 1 is 1.00 bits per heavy atom. The predicted octanol–water partition coefficient (Wildman–Crippen LogP) is 2.50. The van der Waals surface area contributed by atoms with Crippen LogP contribution in [0.1, 0.15) is 11.1 Å². The normalized spacial score (nSPS) is 15.0. The van der Waals surface area contributed by atoms with E-state index >= 15 is 0 Å². The summed E-state index contributed by atoms with van der Waals surface area (Å²) in [6.07, 6.45) is 2.31. The van der Waals surface area contributed by atoms with E-state index in [1.807, 2.05) is 30.3 Å². The molecule has 0 spiro atoms. The number of carbonyl (C=O) groups excluding carboxylic acids is 2. The van der Waals surface area contributed by atoms with Crippen molar-refractivity contribution in [3.63, 3.8) is 0 Å². The summed E-state index contributed by atoms with van der Waals surface area (Å²) in [6, 6.07) is 14.8. The highest BCUT2D eigenvalue weighted by molar-refractivity contribution is 6.14. The molecule has 0 aromatic heterocycles. The fraction of sp³-hybridized carbons (Fsp3) is 0.158. The Kier molecular flexibility index (Phi) is 4.99. The predicted molar refractivity (Wildman–Crippen MR) is 93.3 cm³/mol. The van der Waals surface area contributed by atoms with Gasteiger partial charge in [0, 0.05) is 12.0 Å². The van der Waals surface area contributed by atoms with E-state index in [0.29, 0.717) is 23.7 Å². The average molecular weight is 338 g/mol. The van der Waals surface area contributed by atoms with Crippen molar-refractivity contribution in [2.45, 2.75) is 6.42 Å². The third-order valence-electron chi connectivity index (χ3n) is 3.73. The first kappa shape index (κ1) is 16.6. The molecule has 0 unspecified atom stereocenters. The van der Waals surface area contributed by atoms with Gasteiger partial charge in [0.25, 0.3) is 5.91 Å². The minimum absolute atomic E-state index is 0.172. The molecule has 2 aromatic rings. The second kappa shape index (κ2) is 7.53. The summed E-state index contributed by atoms with van der Waals surface area (Å²) in [4.78, 5) is 23.0. The standard InChI is InChI=1S/C19H18N2O4/c1-24-16-9-5-8-14(12-15-18(22)21-19(23)20-15)17(16)25-11-10-13-6-3-2-4-7-13/h2-9,12H,10-11H2,1H3,(H2,20,21,22,23). The van der Waals surface area contributed by atoms with Gasteiger partial charge in [0.2, 0.25) is 0 Å². The lowest BCUT2D eigenvalue weighted by molar-refractivity contribution is -0.115. The second-order valence-corrected chi connectivity index (χ2v) is 5.43. The summed E-state index contributed by atoms with van der Waals surface area (Å²) in [5.74, 6) is 0.623. The van der Waals surface area contributed by atoms with Crippen molar-refractivity contribution in [2.24, 2.45) is 0 Å². The minimum atomic E-state index is -0.536. The van der Waals surface area contributed by atoms with Crippen molar-refractivity contribution >= 4 is 18.0 Å². The minimum Gasteiger partial charge on any atom is -0.493 e. The zero-order chi connectivity index (χ0) is 17.6. The molecule has 1 saturated heterocycles. The molecule has 2 N–H and O–H groups in total. The second-order valence-electron chi connectivity index (χ2n) is 5.43. The molecule has 0 bridgehead atoms. The summed E-state index contributed by atoms with van der Waals surface area (Å²) in [7, 11) is 1.56. The molecule has 0 aliphatic carbocycles. The lowest BCUT2D eigenvalue weighted by atomic mass is 10.1. The van der Waals surface area contributed by atoms with E-state index in [4.69, 9.17) is 9.47 Å². The Labute approximate surface area is 145 Å². The van der Waals surface area contributed by atoms with Crippen LogP contribution in [0.3, 0.4) is 0 Å². The van der Waals surface area contributed by atoms with E-state index in [2.05, 4.69) is 10.6 Å². The van der Waals surface area contributed by atoms with Crippen LogP contribution in [0.25, 0.3) is 6.08 Å². The van der Waals surface area contributed by atoms with Gasteiger partial charge < -0.3 is 14.8 Å². The Hall–Kier alpha value is -3.28. The number of methoxy groups -OCH3 is 1. The number of carbonyl (C=O) groups is 2. The van der Waals surface area contributed by atoms with Crippen LogP contribution in [-0.2, 0) is 11.2 Å². The Bertz CT molecular complexity index is 815. The van der Waals surface area contributed by atoms with Crippen LogP contribution in [0.4, 0.5) is 4.79 Å². The van der Waals surface area contributed by atoms with Crippen LogP contribution >= 0.6 is 0 Å². The monoisotopic (exact) mass is 338 g/mol.